The highest BCUT2D eigenvalue weighted by Crippen LogP contribution is 2.18. The average Bonchev–Trinajstić information content (AvgIpc) is 3.11. The van der Waals surface area contributed by atoms with Gasteiger partial charge in [0.1, 0.15) is 5.76 Å². The van der Waals surface area contributed by atoms with Crippen LogP contribution in [-0.2, 0) is 13.1 Å². The number of carbonyl (C=O) groups excluding carboxylic acids is 1. The fourth-order valence-electron chi connectivity index (χ4n) is 3.11. The van der Waals surface area contributed by atoms with E-state index in [2.05, 4.69) is 35.2 Å². The largest absolute Gasteiger partial charge is 0.455 e. The molecule has 1 aliphatic rings. The van der Waals surface area contributed by atoms with Gasteiger partial charge in [0.25, 0.3) is 5.91 Å². The van der Waals surface area contributed by atoms with Gasteiger partial charge in [0, 0.05) is 44.7 Å². The Balaban J connectivity index is 1.58. The van der Waals surface area contributed by atoms with Crippen LogP contribution in [0.15, 0.2) is 45.7 Å². The third-order valence-corrected chi connectivity index (χ3v) is 5.47. The minimum atomic E-state index is -0.0795. The Morgan fingerprint density at radius 3 is 2.69 bits per heavy atom. The summed E-state index contributed by atoms with van der Waals surface area (Å²) in [6.45, 7) is 5.55. The van der Waals surface area contributed by atoms with E-state index in [-0.39, 0.29) is 5.91 Å². The molecular formula is C20H27N3O2S. The molecule has 1 fully saturated rings. The Bertz CT molecular complexity index is 738. The highest BCUT2D eigenvalue weighted by Gasteiger charge is 2.19. The molecule has 0 N–H and O–H groups in total. The number of piperazine rings is 1. The van der Waals surface area contributed by atoms with Crippen molar-refractivity contribution in [3.05, 3.63) is 53.5 Å². The lowest BCUT2D eigenvalue weighted by Crippen LogP contribution is -2.43. The molecule has 26 heavy (non-hydrogen) atoms. The van der Waals surface area contributed by atoms with E-state index in [0.29, 0.717) is 12.3 Å². The van der Waals surface area contributed by atoms with Crippen molar-refractivity contribution in [3.63, 3.8) is 0 Å². The van der Waals surface area contributed by atoms with Gasteiger partial charge in [-0.15, -0.1) is 11.8 Å². The lowest BCUT2D eigenvalue weighted by atomic mass is 10.2. The first kappa shape index (κ1) is 19.0. The molecule has 2 aromatic rings. The summed E-state index contributed by atoms with van der Waals surface area (Å²) in [5.74, 6) is 1.19. The number of hydrogen-bond donors (Lipinski definition) is 0. The minimum absolute atomic E-state index is 0.0795. The molecule has 1 saturated heterocycles. The average molecular weight is 374 g/mol. The minimum Gasteiger partial charge on any atom is -0.455 e. The molecule has 0 bridgehead atoms. The molecule has 1 aromatic carbocycles. The predicted octanol–water partition coefficient (Wildman–Crippen LogP) is 3.02. The summed E-state index contributed by atoms with van der Waals surface area (Å²) in [4.78, 5) is 20.3. The van der Waals surface area contributed by atoms with Crippen LogP contribution in [0.5, 0.6) is 0 Å². The van der Waals surface area contributed by atoms with Crippen molar-refractivity contribution in [1.82, 2.24) is 14.7 Å². The number of benzene rings is 1. The smallest absolute Gasteiger partial charge is 0.289 e. The van der Waals surface area contributed by atoms with E-state index in [4.69, 9.17) is 4.42 Å². The van der Waals surface area contributed by atoms with Crippen molar-refractivity contribution in [1.29, 1.82) is 0 Å². The van der Waals surface area contributed by atoms with Crippen LogP contribution < -0.4 is 0 Å². The van der Waals surface area contributed by atoms with Crippen LogP contribution in [0.25, 0.3) is 0 Å². The maximum Gasteiger partial charge on any atom is 0.289 e. The van der Waals surface area contributed by atoms with Crippen molar-refractivity contribution in [3.8, 4) is 0 Å². The zero-order chi connectivity index (χ0) is 18.5. The molecule has 140 valence electrons. The van der Waals surface area contributed by atoms with Gasteiger partial charge in [-0.05, 0) is 43.1 Å². The monoisotopic (exact) mass is 373 g/mol. The van der Waals surface area contributed by atoms with E-state index in [1.807, 2.05) is 25.2 Å². The Hall–Kier alpha value is -1.76. The first-order chi connectivity index (χ1) is 12.5. The van der Waals surface area contributed by atoms with Crippen LogP contribution in [-0.4, -0.2) is 67.1 Å². The van der Waals surface area contributed by atoms with Gasteiger partial charge in [-0.1, -0.05) is 12.1 Å². The second-order valence-corrected chi connectivity index (χ2v) is 7.74. The van der Waals surface area contributed by atoms with Gasteiger partial charge in [-0.3, -0.25) is 9.69 Å². The van der Waals surface area contributed by atoms with Gasteiger partial charge >= 0.3 is 0 Å². The molecular weight excluding hydrogens is 346 g/mol. The standard InChI is InChI=1S/C20H27N3O2S/c1-21-9-11-23(12-10-21)15-17-7-8-19(25-17)20(24)22(2)14-16-5-4-6-18(13-16)26-3/h4-8,13H,9-12,14-15H2,1-3H3. The Morgan fingerprint density at radius 1 is 1.19 bits per heavy atom. The van der Waals surface area contributed by atoms with E-state index in [1.54, 1.807) is 22.7 Å². The molecule has 5 nitrogen and oxygen atoms in total. The highest BCUT2D eigenvalue weighted by atomic mass is 32.2. The number of carbonyl (C=O) groups is 1. The number of thioether (sulfide) groups is 1. The molecule has 3 rings (SSSR count). The second kappa shape index (κ2) is 8.75. The third kappa shape index (κ3) is 4.90. The third-order valence-electron chi connectivity index (χ3n) is 4.75. The van der Waals surface area contributed by atoms with Gasteiger partial charge in [0.2, 0.25) is 0 Å². The summed E-state index contributed by atoms with van der Waals surface area (Å²) in [6.07, 6.45) is 2.05. The molecule has 0 radical (unpaired) electrons. The maximum atomic E-state index is 12.7. The molecule has 6 heteroatoms. The first-order valence-corrected chi connectivity index (χ1v) is 10.2. The SMILES string of the molecule is CSc1cccc(CN(C)C(=O)c2ccc(CN3CCN(C)CC3)o2)c1. The van der Waals surface area contributed by atoms with Crippen molar-refractivity contribution < 1.29 is 9.21 Å². The lowest BCUT2D eigenvalue weighted by Gasteiger charge is -2.31. The van der Waals surface area contributed by atoms with Gasteiger partial charge in [-0.25, -0.2) is 0 Å². The molecule has 0 unspecified atom stereocenters. The number of nitrogens with zero attached hydrogens (tertiary/aromatic N) is 3. The fourth-order valence-corrected chi connectivity index (χ4v) is 3.59. The summed E-state index contributed by atoms with van der Waals surface area (Å²) in [5.41, 5.74) is 1.12. The molecule has 0 saturated carbocycles. The van der Waals surface area contributed by atoms with Crippen LogP contribution in [0.1, 0.15) is 21.9 Å². The van der Waals surface area contributed by atoms with Gasteiger partial charge < -0.3 is 14.2 Å². The second-order valence-electron chi connectivity index (χ2n) is 6.86. The lowest BCUT2D eigenvalue weighted by molar-refractivity contribution is 0.0747. The zero-order valence-corrected chi connectivity index (χ0v) is 16.6. The van der Waals surface area contributed by atoms with E-state index in [1.165, 1.54) is 4.90 Å². The van der Waals surface area contributed by atoms with Crippen molar-refractivity contribution in [2.24, 2.45) is 0 Å². The number of furan rings is 1. The van der Waals surface area contributed by atoms with E-state index >= 15 is 0 Å². The number of likely N-dealkylation sites (N-methyl/N-ethyl adjacent to an activating group) is 1. The van der Waals surface area contributed by atoms with Gasteiger partial charge in [-0.2, -0.15) is 0 Å². The topological polar surface area (TPSA) is 39.9 Å². The number of hydrogen-bond acceptors (Lipinski definition) is 5. The van der Waals surface area contributed by atoms with Gasteiger partial charge in [0.15, 0.2) is 5.76 Å². The zero-order valence-electron chi connectivity index (χ0n) is 15.8. The summed E-state index contributed by atoms with van der Waals surface area (Å²) in [5, 5.41) is 0. The normalized spacial score (nSPS) is 16.0. The van der Waals surface area contributed by atoms with Crippen molar-refractivity contribution >= 4 is 17.7 Å². The number of rotatable bonds is 6. The molecule has 0 atom stereocenters. The van der Waals surface area contributed by atoms with Crippen molar-refractivity contribution in [2.45, 2.75) is 18.0 Å². The Labute approximate surface area is 159 Å². The van der Waals surface area contributed by atoms with Crippen LogP contribution >= 0.6 is 11.8 Å². The quantitative estimate of drug-likeness (QED) is 0.728. The van der Waals surface area contributed by atoms with Crippen LogP contribution in [0.3, 0.4) is 0 Å². The van der Waals surface area contributed by atoms with Crippen LogP contribution in [0, 0.1) is 0 Å². The first-order valence-electron chi connectivity index (χ1n) is 8.93. The predicted molar refractivity (Wildman–Crippen MR) is 106 cm³/mol. The highest BCUT2D eigenvalue weighted by molar-refractivity contribution is 7.98. The van der Waals surface area contributed by atoms with E-state index < -0.39 is 0 Å². The van der Waals surface area contributed by atoms with Crippen LogP contribution in [0.4, 0.5) is 0 Å². The Kier molecular flexibility index (Phi) is 6.40. The molecule has 1 aliphatic heterocycles. The number of amides is 1. The molecule has 0 aliphatic carbocycles. The van der Waals surface area contributed by atoms with Crippen molar-refractivity contribution in [2.75, 3.05) is 46.5 Å². The van der Waals surface area contributed by atoms with Crippen LogP contribution in [0.2, 0.25) is 0 Å². The molecule has 0 spiro atoms. The maximum absolute atomic E-state index is 12.7. The molecule has 1 amide bonds. The fraction of sp³-hybridized carbons (Fsp3) is 0.450. The summed E-state index contributed by atoms with van der Waals surface area (Å²) in [7, 11) is 3.96. The van der Waals surface area contributed by atoms with E-state index in [0.717, 1.165) is 44.0 Å². The molecule has 2 heterocycles. The Morgan fingerprint density at radius 2 is 1.96 bits per heavy atom. The van der Waals surface area contributed by atoms with Gasteiger partial charge in [0.05, 0.1) is 6.54 Å². The summed E-state index contributed by atoms with van der Waals surface area (Å²) < 4.78 is 5.83. The summed E-state index contributed by atoms with van der Waals surface area (Å²) in [6, 6.07) is 12.0. The molecule has 1 aromatic heterocycles. The summed E-state index contributed by atoms with van der Waals surface area (Å²) >= 11 is 1.71. The van der Waals surface area contributed by atoms with E-state index in [9.17, 15) is 4.79 Å².